The topological polar surface area (TPSA) is 72.8 Å². The molecule has 152 valence electrons. The van der Waals surface area contributed by atoms with Crippen LogP contribution in [0.25, 0.3) is 32.7 Å². The van der Waals surface area contributed by atoms with Gasteiger partial charge in [-0.25, -0.2) is 4.99 Å². The molecule has 1 aromatic heterocycles. The lowest BCUT2D eigenvalue weighted by atomic mass is 10.0. The van der Waals surface area contributed by atoms with Crippen molar-refractivity contribution in [3.8, 4) is 5.75 Å². The van der Waals surface area contributed by atoms with Gasteiger partial charge in [0.2, 0.25) is 0 Å². The predicted molar refractivity (Wildman–Crippen MR) is 127 cm³/mol. The Labute approximate surface area is 179 Å². The number of nitrogens with two attached hydrogens (primary N) is 1. The Balaban J connectivity index is 1.47. The number of hydrogen-bond acceptors (Lipinski definition) is 3. The van der Waals surface area contributed by atoms with Crippen LogP contribution in [0.2, 0.25) is 0 Å². The van der Waals surface area contributed by atoms with Crippen LogP contribution in [-0.4, -0.2) is 13.1 Å². The molecule has 0 atom stereocenters. The van der Waals surface area contributed by atoms with Crippen molar-refractivity contribution in [1.29, 1.82) is 0 Å². The lowest BCUT2D eigenvalue weighted by molar-refractivity contribution is 0.415. The average molecular weight is 407 g/mol. The van der Waals surface area contributed by atoms with Gasteiger partial charge in [-0.2, -0.15) is 0 Å². The third kappa shape index (κ3) is 2.81. The molecule has 5 nitrogen and oxygen atoms in total. The molecule has 6 rings (SSSR count). The van der Waals surface area contributed by atoms with E-state index in [2.05, 4.69) is 35.6 Å². The van der Waals surface area contributed by atoms with Gasteiger partial charge in [-0.1, -0.05) is 42.5 Å². The van der Waals surface area contributed by atoms with Gasteiger partial charge in [0.05, 0.1) is 23.9 Å². The van der Waals surface area contributed by atoms with E-state index in [4.69, 9.17) is 19.9 Å². The van der Waals surface area contributed by atoms with E-state index in [-0.39, 0.29) is 0 Å². The summed E-state index contributed by atoms with van der Waals surface area (Å²) in [7, 11) is 1.64. The maximum atomic E-state index is 6.38. The highest BCUT2D eigenvalue weighted by Crippen LogP contribution is 2.38. The minimum Gasteiger partial charge on any atom is -0.497 e. The highest BCUT2D eigenvalue weighted by Gasteiger charge is 2.17. The van der Waals surface area contributed by atoms with E-state index in [9.17, 15) is 0 Å². The molecule has 1 heterocycles. The number of para-hydroxylation sites is 1. The van der Waals surface area contributed by atoms with E-state index in [1.54, 1.807) is 7.11 Å². The average Bonchev–Trinajstić information content (AvgIpc) is 3.38. The van der Waals surface area contributed by atoms with Crippen LogP contribution < -0.4 is 15.8 Å². The zero-order chi connectivity index (χ0) is 20.9. The second kappa shape index (κ2) is 6.77. The maximum absolute atomic E-state index is 6.38. The summed E-state index contributed by atoms with van der Waals surface area (Å²) in [4.78, 5) is 4.73. The molecule has 0 fully saturated rings. The first-order chi connectivity index (χ1) is 15.2. The SMILES string of the molecule is COc1cc(NC(N)=Nc2ccc3c4c(cccc24)CC3)c2c(c1)oc1ccccc12. The predicted octanol–water partition coefficient (Wildman–Crippen LogP) is 5.90. The Hall–Kier alpha value is -3.99. The summed E-state index contributed by atoms with van der Waals surface area (Å²) < 4.78 is 11.5. The van der Waals surface area contributed by atoms with Crippen molar-refractivity contribution in [1.82, 2.24) is 0 Å². The molecule has 0 bridgehead atoms. The molecular weight excluding hydrogens is 386 g/mol. The highest BCUT2D eigenvalue weighted by atomic mass is 16.5. The van der Waals surface area contributed by atoms with Crippen molar-refractivity contribution in [2.45, 2.75) is 12.8 Å². The quantitative estimate of drug-likeness (QED) is 0.288. The fourth-order valence-electron chi connectivity index (χ4n) is 4.67. The van der Waals surface area contributed by atoms with Crippen LogP contribution in [0.3, 0.4) is 0 Å². The van der Waals surface area contributed by atoms with Crippen molar-refractivity contribution in [3.05, 3.63) is 77.9 Å². The van der Waals surface area contributed by atoms with E-state index >= 15 is 0 Å². The Kier molecular flexibility index (Phi) is 3.90. The van der Waals surface area contributed by atoms with Crippen molar-refractivity contribution < 1.29 is 9.15 Å². The fourth-order valence-corrected chi connectivity index (χ4v) is 4.67. The molecule has 0 aliphatic heterocycles. The number of rotatable bonds is 3. The van der Waals surface area contributed by atoms with Gasteiger partial charge < -0.3 is 20.2 Å². The lowest BCUT2D eigenvalue weighted by Gasteiger charge is -2.11. The van der Waals surface area contributed by atoms with Crippen LogP contribution in [-0.2, 0) is 12.8 Å². The normalized spacial score (nSPS) is 13.4. The van der Waals surface area contributed by atoms with Gasteiger partial charge in [0, 0.05) is 22.9 Å². The Morgan fingerprint density at radius 1 is 0.903 bits per heavy atom. The zero-order valence-electron chi connectivity index (χ0n) is 17.1. The molecule has 0 amide bonds. The fraction of sp³-hybridized carbons (Fsp3) is 0.115. The first kappa shape index (κ1) is 17.8. The number of furan rings is 1. The van der Waals surface area contributed by atoms with Gasteiger partial charge in [0.15, 0.2) is 5.96 Å². The summed E-state index contributed by atoms with van der Waals surface area (Å²) >= 11 is 0. The molecule has 1 aliphatic carbocycles. The van der Waals surface area contributed by atoms with Crippen molar-refractivity contribution in [2.75, 3.05) is 12.4 Å². The molecule has 31 heavy (non-hydrogen) atoms. The zero-order valence-corrected chi connectivity index (χ0v) is 17.1. The minimum absolute atomic E-state index is 0.318. The van der Waals surface area contributed by atoms with Crippen LogP contribution in [0, 0.1) is 0 Å². The number of benzene rings is 4. The lowest BCUT2D eigenvalue weighted by Crippen LogP contribution is -2.22. The second-order valence-electron chi connectivity index (χ2n) is 7.85. The Bertz CT molecular complexity index is 1500. The molecule has 0 spiro atoms. The Morgan fingerprint density at radius 2 is 1.71 bits per heavy atom. The second-order valence-corrected chi connectivity index (χ2v) is 7.85. The summed E-state index contributed by atoms with van der Waals surface area (Å²) in [5.74, 6) is 1.01. The summed E-state index contributed by atoms with van der Waals surface area (Å²) in [6.45, 7) is 0. The number of guanidine groups is 1. The number of hydrogen-bond donors (Lipinski definition) is 2. The highest BCUT2D eigenvalue weighted by molar-refractivity contribution is 6.15. The van der Waals surface area contributed by atoms with Crippen LogP contribution in [0.5, 0.6) is 5.75 Å². The molecule has 0 saturated carbocycles. The van der Waals surface area contributed by atoms with E-state index in [0.717, 1.165) is 51.5 Å². The van der Waals surface area contributed by atoms with Gasteiger partial charge in [0.1, 0.15) is 16.9 Å². The third-order valence-corrected chi connectivity index (χ3v) is 6.05. The van der Waals surface area contributed by atoms with Gasteiger partial charge >= 0.3 is 0 Å². The molecule has 3 N–H and O–H groups in total. The summed E-state index contributed by atoms with van der Waals surface area (Å²) in [5, 5.41) is 7.71. The molecule has 0 radical (unpaired) electrons. The van der Waals surface area contributed by atoms with Crippen molar-refractivity contribution >= 4 is 50.0 Å². The first-order valence-corrected chi connectivity index (χ1v) is 10.4. The molecule has 5 aromatic rings. The number of aryl methyl sites for hydroxylation is 2. The largest absolute Gasteiger partial charge is 0.497 e. The molecular formula is C26H21N3O2. The van der Waals surface area contributed by atoms with E-state index in [1.165, 1.54) is 16.5 Å². The first-order valence-electron chi connectivity index (χ1n) is 10.4. The van der Waals surface area contributed by atoms with Gasteiger partial charge in [-0.05, 0) is 41.5 Å². The van der Waals surface area contributed by atoms with E-state index in [0.29, 0.717) is 11.7 Å². The standard InChI is InChI=1S/C26H21N3O2/c1-30-17-13-21(25-19-6-2-3-8-22(19)31-23(25)14-17)29-26(27)28-20-12-11-16-10-9-15-5-4-7-18(20)24(15)16/h2-8,11-14H,9-10H2,1H3,(H3,27,28,29). The molecule has 5 heteroatoms. The molecule has 0 unspecified atom stereocenters. The third-order valence-electron chi connectivity index (χ3n) is 6.05. The minimum atomic E-state index is 0.318. The number of aliphatic imine (C=N–C) groups is 1. The number of nitrogens with one attached hydrogen (secondary N) is 1. The van der Waals surface area contributed by atoms with Crippen LogP contribution in [0.4, 0.5) is 11.4 Å². The summed E-state index contributed by atoms with van der Waals surface area (Å²) in [5.41, 5.74) is 12.4. The van der Waals surface area contributed by atoms with E-state index < -0.39 is 0 Å². The Morgan fingerprint density at radius 3 is 2.58 bits per heavy atom. The number of fused-ring (bicyclic) bond motifs is 3. The molecule has 0 saturated heterocycles. The smallest absolute Gasteiger partial charge is 0.198 e. The monoisotopic (exact) mass is 407 g/mol. The number of nitrogens with zero attached hydrogens (tertiary/aromatic N) is 1. The summed E-state index contributed by atoms with van der Waals surface area (Å²) in [6, 6.07) is 22.4. The molecule has 4 aromatic carbocycles. The molecule has 1 aliphatic rings. The van der Waals surface area contributed by atoms with Gasteiger partial charge in [0.25, 0.3) is 0 Å². The van der Waals surface area contributed by atoms with Crippen LogP contribution in [0.1, 0.15) is 11.1 Å². The van der Waals surface area contributed by atoms with E-state index in [1.807, 2.05) is 36.4 Å². The van der Waals surface area contributed by atoms with Gasteiger partial charge in [-0.15, -0.1) is 0 Å². The van der Waals surface area contributed by atoms with Crippen LogP contribution >= 0.6 is 0 Å². The number of methoxy groups -OCH3 is 1. The van der Waals surface area contributed by atoms with Crippen molar-refractivity contribution in [2.24, 2.45) is 10.7 Å². The number of ether oxygens (including phenoxy) is 1. The number of anilines is 1. The van der Waals surface area contributed by atoms with Crippen LogP contribution in [0.15, 0.2) is 76.1 Å². The summed E-state index contributed by atoms with van der Waals surface area (Å²) in [6.07, 6.45) is 2.17. The van der Waals surface area contributed by atoms with Crippen molar-refractivity contribution in [3.63, 3.8) is 0 Å². The van der Waals surface area contributed by atoms with Gasteiger partial charge in [-0.3, -0.25) is 0 Å². The maximum Gasteiger partial charge on any atom is 0.198 e.